The van der Waals surface area contributed by atoms with Crippen molar-refractivity contribution < 1.29 is 0 Å². The molecule has 0 spiro atoms. The second-order valence-electron chi connectivity index (χ2n) is 5.90. The van der Waals surface area contributed by atoms with Crippen molar-refractivity contribution in [2.24, 2.45) is 17.3 Å². The molecule has 0 bridgehead atoms. The zero-order chi connectivity index (χ0) is 9.90. The van der Waals surface area contributed by atoms with Crippen molar-refractivity contribution in [3.05, 3.63) is 0 Å². The van der Waals surface area contributed by atoms with Crippen molar-refractivity contribution >= 4 is 0 Å². The Labute approximate surface area is 84.1 Å². The Morgan fingerprint density at radius 1 is 1.31 bits per heavy atom. The van der Waals surface area contributed by atoms with Crippen LogP contribution in [0.2, 0.25) is 0 Å². The first kappa shape index (κ1) is 11.1. The van der Waals surface area contributed by atoms with E-state index >= 15 is 0 Å². The topological polar surface area (TPSA) is 0 Å². The average molecular weight is 182 g/mol. The number of hydrogen-bond donors (Lipinski definition) is 0. The van der Waals surface area contributed by atoms with Crippen LogP contribution in [0.1, 0.15) is 66.2 Å². The summed E-state index contributed by atoms with van der Waals surface area (Å²) < 4.78 is 0. The molecule has 1 saturated carbocycles. The van der Waals surface area contributed by atoms with Crippen LogP contribution in [0.15, 0.2) is 0 Å². The largest absolute Gasteiger partial charge is 0.0628 e. The van der Waals surface area contributed by atoms with Gasteiger partial charge in [-0.25, -0.2) is 0 Å². The summed E-state index contributed by atoms with van der Waals surface area (Å²) in [5.74, 6) is 1.91. The predicted molar refractivity (Wildman–Crippen MR) is 59.8 cm³/mol. The molecular weight excluding hydrogens is 156 g/mol. The Bertz CT molecular complexity index is 144. The van der Waals surface area contributed by atoms with Crippen LogP contribution in [-0.4, -0.2) is 0 Å². The van der Waals surface area contributed by atoms with Crippen LogP contribution < -0.4 is 0 Å². The van der Waals surface area contributed by atoms with Crippen LogP contribution in [-0.2, 0) is 0 Å². The van der Waals surface area contributed by atoms with E-state index in [9.17, 15) is 0 Å². The molecule has 1 aliphatic rings. The lowest BCUT2D eigenvalue weighted by Gasteiger charge is -2.27. The molecule has 0 aromatic rings. The lowest BCUT2D eigenvalue weighted by Crippen LogP contribution is -2.17. The van der Waals surface area contributed by atoms with Gasteiger partial charge in [0.1, 0.15) is 0 Å². The summed E-state index contributed by atoms with van der Waals surface area (Å²) in [6.07, 6.45) is 8.77. The fourth-order valence-corrected chi connectivity index (χ4v) is 2.71. The second-order valence-corrected chi connectivity index (χ2v) is 5.90. The summed E-state index contributed by atoms with van der Waals surface area (Å²) in [7, 11) is 0. The first-order chi connectivity index (χ1) is 6.02. The van der Waals surface area contributed by atoms with Gasteiger partial charge in [0.15, 0.2) is 0 Å². The van der Waals surface area contributed by atoms with E-state index in [1.165, 1.54) is 38.5 Å². The standard InChI is InChI=1S/C13H26/c1-11(2)7-5-8-12-9-6-10-13(12,3)4/h11-12H,5-10H2,1-4H3. The zero-order valence-electron chi connectivity index (χ0n) is 9.90. The molecule has 78 valence electrons. The van der Waals surface area contributed by atoms with Crippen molar-refractivity contribution in [2.45, 2.75) is 66.2 Å². The normalized spacial score (nSPS) is 27.0. The molecule has 0 heterocycles. The molecule has 0 heteroatoms. The van der Waals surface area contributed by atoms with Gasteiger partial charge in [0.2, 0.25) is 0 Å². The maximum atomic E-state index is 2.46. The maximum Gasteiger partial charge on any atom is -0.0326 e. The Morgan fingerprint density at radius 2 is 2.00 bits per heavy atom. The van der Waals surface area contributed by atoms with Gasteiger partial charge in [-0.2, -0.15) is 0 Å². The Morgan fingerprint density at radius 3 is 2.46 bits per heavy atom. The van der Waals surface area contributed by atoms with Gasteiger partial charge < -0.3 is 0 Å². The highest BCUT2D eigenvalue weighted by molar-refractivity contribution is 4.84. The van der Waals surface area contributed by atoms with Crippen LogP contribution in [0, 0.1) is 17.3 Å². The molecule has 0 radical (unpaired) electrons. The third kappa shape index (κ3) is 3.32. The molecule has 0 nitrogen and oxygen atoms in total. The van der Waals surface area contributed by atoms with Gasteiger partial charge in [-0.05, 0) is 36.5 Å². The highest BCUT2D eigenvalue weighted by Crippen LogP contribution is 2.45. The SMILES string of the molecule is CC(C)CCCC1CCCC1(C)C. The summed E-state index contributed by atoms with van der Waals surface area (Å²) in [6, 6.07) is 0. The van der Waals surface area contributed by atoms with E-state index in [1.54, 1.807) is 0 Å². The predicted octanol–water partition coefficient (Wildman–Crippen LogP) is 4.64. The molecule has 13 heavy (non-hydrogen) atoms. The van der Waals surface area contributed by atoms with E-state index < -0.39 is 0 Å². The van der Waals surface area contributed by atoms with Gasteiger partial charge in [0, 0.05) is 0 Å². The Hall–Kier alpha value is 0. The van der Waals surface area contributed by atoms with Crippen LogP contribution in [0.5, 0.6) is 0 Å². The van der Waals surface area contributed by atoms with Crippen molar-refractivity contribution in [1.82, 2.24) is 0 Å². The third-order valence-electron chi connectivity index (χ3n) is 3.81. The molecule has 1 rings (SSSR count). The van der Waals surface area contributed by atoms with Crippen molar-refractivity contribution in [3.63, 3.8) is 0 Å². The Balaban J connectivity index is 2.21. The first-order valence-electron chi connectivity index (χ1n) is 6.02. The molecule has 0 amide bonds. The molecular formula is C13H26. The van der Waals surface area contributed by atoms with E-state index in [2.05, 4.69) is 27.7 Å². The van der Waals surface area contributed by atoms with Crippen molar-refractivity contribution in [2.75, 3.05) is 0 Å². The van der Waals surface area contributed by atoms with Gasteiger partial charge in [0.05, 0.1) is 0 Å². The summed E-state index contributed by atoms with van der Waals surface area (Å²) in [6.45, 7) is 9.58. The lowest BCUT2D eigenvalue weighted by molar-refractivity contribution is 0.237. The summed E-state index contributed by atoms with van der Waals surface area (Å²) in [5, 5.41) is 0. The van der Waals surface area contributed by atoms with Crippen LogP contribution in [0.3, 0.4) is 0 Å². The second kappa shape index (κ2) is 4.48. The monoisotopic (exact) mass is 182 g/mol. The fourth-order valence-electron chi connectivity index (χ4n) is 2.71. The fraction of sp³-hybridized carbons (Fsp3) is 1.00. The molecule has 0 N–H and O–H groups in total. The average Bonchev–Trinajstić information content (AvgIpc) is 2.30. The minimum Gasteiger partial charge on any atom is -0.0628 e. The van der Waals surface area contributed by atoms with E-state index in [1.807, 2.05) is 0 Å². The minimum atomic E-state index is 0.650. The van der Waals surface area contributed by atoms with E-state index in [0.29, 0.717) is 5.41 Å². The van der Waals surface area contributed by atoms with Gasteiger partial charge in [-0.15, -0.1) is 0 Å². The highest BCUT2D eigenvalue weighted by atomic mass is 14.4. The summed E-state index contributed by atoms with van der Waals surface area (Å²) in [5.41, 5.74) is 0.650. The van der Waals surface area contributed by atoms with Gasteiger partial charge in [-0.3, -0.25) is 0 Å². The number of rotatable bonds is 4. The zero-order valence-corrected chi connectivity index (χ0v) is 9.90. The molecule has 0 aromatic heterocycles. The van der Waals surface area contributed by atoms with Crippen LogP contribution in [0.4, 0.5) is 0 Å². The van der Waals surface area contributed by atoms with E-state index in [0.717, 1.165) is 11.8 Å². The van der Waals surface area contributed by atoms with Gasteiger partial charge in [-0.1, -0.05) is 47.0 Å². The first-order valence-corrected chi connectivity index (χ1v) is 6.02. The molecule has 0 aromatic carbocycles. The van der Waals surface area contributed by atoms with Gasteiger partial charge >= 0.3 is 0 Å². The van der Waals surface area contributed by atoms with Crippen LogP contribution in [0.25, 0.3) is 0 Å². The number of hydrogen-bond acceptors (Lipinski definition) is 0. The summed E-state index contributed by atoms with van der Waals surface area (Å²) in [4.78, 5) is 0. The minimum absolute atomic E-state index is 0.650. The maximum absolute atomic E-state index is 2.46. The third-order valence-corrected chi connectivity index (χ3v) is 3.81. The molecule has 1 atom stereocenters. The summed E-state index contributed by atoms with van der Waals surface area (Å²) >= 11 is 0. The smallest absolute Gasteiger partial charge is 0.0326 e. The van der Waals surface area contributed by atoms with Crippen LogP contribution >= 0.6 is 0 Å². The molecule has 0 saturated heterocycles. The highest BCUT2D eigenvalue weighted by Gasteiger charge is 2.33. The molecule has 0 aliphatic heterocycles. The Kier molecular flexibility index (Phi) is 3.82. The van der Waals surface area contributed by atoms with E-state index in [-0.39, 0.29) is 0 Å². The van der Waals surface area contributed by atoms with E-state index in [4.69, 9.17) is 0 Å². The quantitative estimate of drug-likeness (QED) is 0.594. The van der Waals surface area contributed by atoms with Crippen molar-refractivity contribution in [3.8, 4) is 0 Å². The molecule has 1 fully saturated rings. The lowest BCUT2D eigenvalue weighted by atomic mass is 9.79. The molecule has 1 aliphatic carbocycles. The van der Waals surface area contributed by atoms with Gasteiger partial charge in [0.25, 0.3) is 0 Å². The molecule has 1 unspecified atom stereocenters. The van der Waals surface area contributed by atoms with Crippen molar-refractivity contribution in [1.29, 1.82) is 0 Å².